The SMILES string of the molecule is CCCOC(=O)CSc1nnc(NC2CCCCC2)s1. The smallest absolute Gasteiger partial charge is 0.316 e. The largest absolute Gasteiger partial charge is 0.465 e. The molecular weight excluding hydrogens is 294 g/mol. The minimum Gasteiger partial charge on any atom is -0.465 e. The van der Waals surface area contributed by atoms with Gasteiger partial charge in [0.15, 0.2) is 4.34 Å². The molecule has 0 amide bonds. The van der Waals surface area contributed by atoms with E-state index in [-0.39, 0.29) is 5.97 Å². The molecule has 1 heterocycles. The average molecular weight is 315 g/mol. The van der Waals surface area contributed by atoms with E-state index in [1.807, 2.05) is 6.92 Å². The number of rotatable bonds is 7. The number of carbonyl (C=O) groups is 1. The van der Waals surface area contributed by atoms with Crippen molar-refractivity contribution in [1.82, 2.24) is 10.2 Å². The van der Waals surface area contributed by atoms with E-state index in [0.717, 1.165) is 15.9 Å². The molecule has 5 nitrogen and oxygen atoms in total. The van der Waals surface area contributed by atoms with Gasteiger partial charge in [0.1, 0.15) is 0 Å². The lowest BCUT2D eigenvalue weighted by atomic mass is 9.96. The van der Waals surface area contributed by atoms with E-state index in [2.05, 4.69) is 15.5 Å². The second-order valence-corrected chi connectivity index (χ2v) is 7.06. The number of thioether (sulfide) groups is 1. The standard InChI is InChI=1S/C13H21N3O2S2/c1-2-8-18-11(17)9-19-13-16-15-12(20-13)14-10-6-4-3-5-7-10/h10H,2-9H2,1H3,(H,14,15). The second kappa shape index (κ2) is 8.46. The van der Waals surface area contributed by atoms with Gasteiger partial charge in [0, 0.05) is 6.04 Å². The first-order chi connectivity index (χ1) is 9.78. The summed E-state index contributed by atoms with van der Waals surface area (Å²) in [6.45, 7) is 2.47. The number of anilines is 1. The number of carbonyl (C=O) groups excluding carboxylic acids is 1. The van der Waals surface area contributed by atoms with E-state index in [1.54, 1.807) is 0 Å². The molecule has 1 aliphatic rings. The molecule has 1 aromatic rings. The zero-order valence-electron chi connectivity index (χ0n) is 11.8. The third-order valence-corrected chi connectivity index (χ3v) is 5.08. The molecule has 0 aromatic carbocycles. The van der Waals surface area contributed by atoms with Crippen molar-refractivity contribution in [3.05, 3.63) is 0 Å². The number of hydrogen-bond acceptors (Lipinski definition) is 7. The van der Waals surface area contributed by atoms with Crippen molar-refractivity contribution >= 4 is 34.2 Å². The fourth-order valence-corrected chi connectivity index (χ4v) is 3.75. The molecule has 20 heavy (non-hydrogen) atoms. The molecule has 0 bridgehead atoms. The lowest BCUT2D eigenvalue weighted by molar-refractivity contribution is -0.140. The maximum atomic E-state index is 11.4. The van der Waals surface area contributed by atoms with Gasteiger partial charge in [-0.25, -0.2) is 0 Å². The number of hydrogen-bond donors (Lipinski definition) is 1. The second-order valence-electron chi connectivity index (χ2n) is 4.86. The normalized spacial score (nSPS) is 16.1. The van der Waals surface area contributed by atoms with E-state index in [9.17, 15) is 4.79 Å². The van der Waals surface area contributed by atoms with Crippen LogP contribution in [0, 0.1) is 0 Å². The maximum absolute atomic E-state index is 11.4. The van der Waals surface area contributed by atoms with Gasteiger partial charge in [0.05, 0.1) is 12.4 Å². The molecule has 1 N–H and O–H groups in total. The molecule has 0 saturated heterocycles. The highest BCUT2D eigenvalue weighted by atomic mass is 32.2. The van der Waals surface area contributed by atoms with Crippen molar-refractivity contribution < 1.29 is 9.53 Å². The topological polar surface area (TPSA) is 64.1 Å². The molecule has 2 rings (SSSR count). The van der Waals surface area contributed by atoms with Gasteiger partial charge in [0.2, 0.25) is 5.13 Å². The van der Waals surface area contributed by atoms with Crippen LogP contribution in [0.3, 0.4) is 0 Å². The predicted octanol–water partition coefficient (Wildman–Crippen LogP) is 3.33. The third kappa shape index (κ3) is 5.28. The quantitative estimate of drug-likeness (QED) is 0.615. The van der Waals surface area contributed by atoms with E-state index in [4.69, 9.17) is 4.74 Å². The van der Waals surface area contributed by atoms with Gasteiger partial charge in [-0.2, -0.15) is 0 Å². The summed E-state index contributed by atoms with van der Waals surface area (Å²) in [6, 6.07) is 0.532. The summed E-state index contributed by atoms with van der Waals surface area (Å²) >= 11 is 2.91. The number of aromatic nitrogens is 2. The van der Waals surface area contributed by atoms with Crippen molar-refractivity contribution in [3.63, 3.8) is 0 Å². The van der Waals surface area contributed by atoms with Crippen molar-refractivity contribution in [2.24, 2.45) is 0 Å². The van der Waals surface area contributed by atoms with Gasteiger partial charge < -0.3 is 10.1 Å². The first kappa shape index (κ1) is 15.6. The first-order valence-corrected chi connectivity index (χ1v) is 8.96. The predicted molar refractivity (Wildman–Crippen MR) is 82.4 cm³/mol. The molecule has 0 aliphatic heterocycles. The Morgan fingerprint density at radius 2 is 2.20 bits per heavy atom. The Hall–Kier alpha value is -0.820. The molecule has 1 aliphatic carbocycles. The van der Waals surface area contributed by atoms with Crippen LogP contribution in [0.15, 0.2) is 4.34 Å². The molecule has 1 saturated carbocycles. The highest BCUT2D eigenvalue weighted by Gasteiger charge is 2.15. The van der Waals surface area contributed by atoms with Crippen LogP contribution in [0.1, 0.15) is 45.4 Å². The molecule has 112 valence electrons. The van der Waals surface area contributed by atoms with Gasteiger partial charge in [-0.15, -0.1) is 10.2 Å². The van der Waals surface area contributed by atoms with Gasteiger partial charge in [-0.05, 0) is 19.3 Å². The number of esters is 1. The van der Waals surface area contributed by atoms with Crippen LogP contribution in [0.5, 0.6) is 0 Å². The minimum atomic E-state index is -0.186. The van der Waals surface area contributed by atoms with Crippen molar-refractivity contribution in [1.29, 1.82) is 0 Å². The minimum absolute atomic E-state index is 0.186. The monoisotopic (exact) mass is 315 g/mol. The van der Waals surface area contributed by atoms with E-state index >= 15 is 0 Å². The molecule has 0 radical (unpaired) electrons. The maximum Gasteiger partial charge on any atom is 0.316 e. The van der Waals surface area contributed by atoms with Crippen molar-refractivity contribution in [3.8, 4) is 0 Å². The van der Waals surface area contributed by atoms with Gasteiger partial charge in [0.25, 0.3) is 0 Å². The summed E-state index contributed by atoms with van der Waals surface area (Å²) in [4.78, 5) is 11.4. The molecule has 1 aromatic heterocycles. The van der Waals surface area contributed by atoms with Crippen LogP contribution in [-0.4, -0.2) is 34.6 Å². The molecule has 0 unspecified atom stereocenters. The van der Waals surface area contributed by atoms with Gasteiger partial charge in [-0.1, -0.05) is 49.3 Å². The average Bonchev–Trinajstić information content (AvgIpc) is 2.91. The van der Waals surface area contributed by atoms with Gasteiger partial charge in [-0.3, -0.25) is 4.79 Å². The van der Waals surface area contributed by atoms with Crippen LogP contribution in [0.2, 0.25) is 0 Å². The summed E-state index contributed by atoms with van der Waals surface area (Å²) in [5.74, 6) is 0.117. The fourth-order valence-electron chi connectivity index (χ4n) is 2.13. The zero-order valence-corrected chi connectivity index (χ0v) is 13.4. The number of nitrogens with one attached hydrogen (secondary N) is 1. The summed E-state index contributed by atoms with van der Waals surface area (Å²) in [7, 11) is 0. The van der Waals surface area contributed by atoms with Crippen molar-refractivity contribution in [2.75, 3.05) is 17.7 Å². The summed E-state index contributed by atoms with van der Waals surface area (Å²) in [5.41, 5.74) is 0. The Bertz CT molecular complexity index is 420. The first-order valence-electron chi connectivity index (χ1n) is 7.16. The summed E-state index contributed by atoms with van der Waals surface area (Å²) < 4.78 is 5.84. The fraction of sp³-hybridized carbons (Fsp3) is 0.769. The van der Waals surface area contributed by atoms with E-state index < -0.39 is 0 Å². The Labute approximate surface area is 127 Å². The molecule has 0 spiro atoms. The third-order valence-electron chi connectivity index (χ3n) is 3.12. The Balaban J connectivity index is 1.72. The Morgan fingerprint density at radius 1 is 1.40 bits per heavy atom. The van der Waals surface area contributed by atoms with E-state index in [0.29, 0.717) is 18.4 Å². The summed E-state index contributed by atoms with van der Waals surface area (Å²) in [6.07, 6.45) is 7.21. The Kier molecular flexibility index (Phi) is 6.59. The molecule has 0 atom stereocenters. The number of ether oxygens (including phenoxy) is 1. The van der Waals surface area contributed by atoms with Crippen LogP contribution in [-0.2, 0) is 9.53 Å². The zero-order chi connectivity index (χ0) is 14.2. The van der Waals surface area contributed by atoms with Gasteiger partial charge >= 0.3 is 5.97 Å². The molecule has 7 heteroatoms. The lowest BCUT2D eigenvalue weighted by Gasteiger charge is -2.21. The van der Waals surface area contributed by atoms with E-state index in [1.165, 1.54) is 55.2 Å². The molecule has 1 fully saturated rings. The summed E-state index contributed by atoms with van der Waals surface area (Å²) in [5, 5.41) is 12.5. The Morgan fingerprint density at radius 3 is 2.95 bits per heavy atom. The van der Waals surface area contributed by atoms with Crippen LogP contribution in [0.25, 0.3) is 0 Å². The van der Waals surface area contributed by atoms with Crippen LogP contribution >= 0.6 is 23.1 Å². The van der Waals surface area contributed by atoms with Crippen LogP contribution < -0.4 is 5.32 Å². The highest BCUT2D eigenvalue weighted by Crippen LogP contribution is 2.28. The molecular formula is C13H21N3O2S2. The lowest BCUT2D eigenvalue weighted by Crippen LogP contribution is -2.21. The van der Waals surface area contributed by atoms with Crippen molar-refractivity contribution in [2.45, 2.75) is 55.8 Å². The highest BCUT2D eigenvalue weighted by molar-refractivity contribution is 8.01. The number of nitrogens with zero attached hydrogens (tertiary/aromatic N) is 2. The van der Waals surface area contributed by atoms with Crippen LogP contribution in [0.4, 0.5) is 5.13 Å².